The molecule has 1 saturated carbocycles. The third-order valence-corrected chi connectivity index (χ3v) is 3.68. The first-order valence-corrected chi connectivity index (χ1v) is 7.41. The van der Waals surface area contributed by atoms with Gasteiger partial charge in [-0.2, -0.15) is 0 Å². The van der Waals surface area contributed by atoms with Crippen molar-refractivity contribution >= 4 is 12.0 Å². The fourth-order valence-electron chi connectivity index (χ4n) is 2.54. The van der Waals surface area contributed by atoms with Crippen LogP contribution in [0.2, 0.25) is 0 Å². The van der Waals surface area contributed by atoms with Gasteiger partial charge in [0.2, 0.25) is 0 Å². The van der Waals surface area contributed by atoms with E-state index in [9.17, 15) is 9.59 Å². The van der Waals surface area contributed by atoms with Gasteiger partial charge in [0.05, 0.1) is 5.92 Å². The first-order valence-electron chi connectivity index (χ1n) is 7.41. The molecule has 1 aliphatic rings. The van der Waals surface area contributed by atoms with Crippen molar-refractivity contribution in [2.75, 3.05) is 27.2 Å². The number of carbonyl (C=O) groups is 2. The molecule has 6 heteroatoms. The zero-order valence-corrected chi connectivity index (χ0v) is 12.5. The molecule has 0 radical (unpaired) electrons. The Morgan fingerprint density at radius 2 is 2.00 bits per heavy atom. The van der Waals surface area contributed by atoms with Crippen LogP contribution in [0.4, 0.5) is 4.79 Å². The van der Waals surface area contributed by atoms with Crippen molar-refractivity contribution in [1.29, 1.82) is 0 Å². The molecule has 6 nitrogen and oxygen atoms in total. The molecule has 116 valence electrons. The minimum absolute atomic E-state index is 0.00775. The van der Waals surface area contributed by atoms with E-state index in [0.29, 0.717) is 13.0 Å². The van der Waals surface area contributed by atoms with Crippen molar-refractivity contribution in [3.05, 3.63) is 0 Å². The molecule has 0 aromatic heterocycles. The van der Waals surface area contributed by atoms with Crippen LogP contribution < -0.4 is 10.6 Å². The number of urea groups is 1. The number of amides is 2. The molecule has 0 aliphatic heterocycles. The van der Waals surface area contributed by atoms with Crippen molar-refractivity contribution in [2.24, 2.45) is 5.92 Å². The lowest BCUT2D eigenvalue weighted by molar-refractivity contribution is -0.143. The van der Waals surface area contributed by atoms with Gasteiger partial charge in [-0.1, -0.05) is 6.42 Å². The largest absolute Gasteiger partial charge is 0.481 e. The lowest BCUT2D eigenvalue weighted by Crippen LogP contribution is -2.45. The van der Waals surface area contributed by atoms with E-state index in [1.165, 1.54) is 0 Å². The molecule has 1 aliphatic carbocycles. The topological polar surface area (TPSA) is 81.7 Å². The Kier molecular flexibility index (Phi) is 7.36. The van der Waals surface area contributed by atoms with Gasteiger partial charge >= 0.3 is 12.0 Å². The fourth-order valence-corrected chi connectivity index (χ4v) is 2.54. The highest BCUT2D eigenvalue weighted by atomic mass is 16.4. The van der Waals surface area contributed by atoms with Crippen molar-refractivity contribution in [3.63, 3.8) is 0 Å². The molecule has 0 heterocycles. The summed E-state index contributed by atoms with van der Waals surface area (Å²) < 4.78 is 0. The maximum atomic E-state index is 11.7. The third-order valence-electron chi connectivity index (χ3n) is 3.68. The van der Waals surface area contributed by atoms with Gasteiger partial charge in [-0.05, 0) is 52.7 Å². The van der Waals surface area contributed by atoms with E-state index in [0.717, 1.165) is 38.6 Å². The number of carboxylic acids is 1. The second-order valence-electron chi connectivity index (χ2n) is 5.81. The maximum Gasteiger partial charge on any atom is 0.315 e. The Labute approximate surface area is 120 Å². The van der Waals surface area contributed by atoms with Crippen LogP contribution in [0.5, 0.6) is 0 Å². The average Bonchev–Trinajstić information content (AvgIpc) is 2.38. The van der Waals surface area contributed by atoms with Gasteiger partial charge in [-0.3, -0.25) is 4.79 Å². The number of hydrogen-bond acceptors (Lipinski definition) is 3. The molecular formula is C14H27N3O3. The van der Waals surface area contributed by atoms with Gasteiger partial charge in [0.25, 0.3) is 0 Å². The standard InChI is InChI=1S/C14H27N3O3/c1-17(2)9-4-3-8-15-14(20)16-12-7-5-6-11(10-12)13(18)19/h11-12H,3-10H2,1-2H3,(H,18,19)(H2,15,16,20). The van der Waals surface area contributed by atoms with E-state index >= 15 is 0 Å². The molecule has 0 saturated heterocycles. The lowest BCUT2D eigenvalue weighted by atomic mass is 9.86. The Morgan fingerprint density at radius 3 is 2.65 bits per heavy atom. The van der Waals surface area contributed by atoms with Gasteiger partial charge in [0.1, 0.15) is 0 Å². The van der Waals surface area contributed by atoms with Crippen LogP contribution in [0, 0.1) is 5.92 Å². The SMILES string of the molecule is CN(C)CCCCNC(=O)NC1CCCC(C(=O)O)C1. The molecule has 2 amide bonds. The number of unbranched alkanes of at least 4 members (excludes halogenated alkanes) is 1. The van der Waals surface area contributed by atoms with Crippen molar-refractivity contribution in [3.8, 4) is 0 Å². The highest BCUT2D eigenvalue weighted by Gasteiger charge is 2.27. The second-order valence-corrected chi connectivity index (χ2v) is 5.81. The lowest BCUT2D eigenvalue weighted by Gasteiger charge is -2.27. The molecule has 0 aromatic rings. The van der Waals surface area contributed by atoms with E-state index in [2.05, 4.69) is 15.5 Å². The summed E-state index contributed by atoms with van der Waals surface area (Å²) in [6, 6.07) is -0.183. The summed E-state index contributed by atoms with van der Waals surface area (Å²) in [5, 5.41) is 14.7. The smallest absolute Gasteiger partial charge is 0.315 e. The second kappa shape index (κ2) is 8.79. The Hall–Kier alpha value is -1.30. The molecule has 2 atom stereocenters. The number of rotatable bonds is 7. The average molecular weight is 285 g/mol. The van der Waals surface area contributed by atoms with E-state index in [4.69, 9.17) is 5.11 Å². The van der Waals surface area contributed by atoms with Crippen LogP contribution in [-0.4, -0.2) is 55.2 Å². The van der Waals surface area contributed by atoms with Gasteiger partial charge in [0, 0.05) is 12.6 Å². The molecule has 1 fully saturated rings. The predicted octanol–water partition coefficient (Wildman–Crippen LogP) is 1.27. The maximum absolute atomic E-state index is 11.7. The third kappa shape index (κ3) is 6.75. The minimum atomic E-state index is -0.749. The quantitative estimate of drug-likeness (QED) is 0.615. The summed E-state index contributed by atoms with van der Waals surface area (Å²) in [5.41, 5.74) is 0. The monoisotopic (exact) mass is 285 g/mol. The summed E-state index contributed by atoms with van der Waals surface area (Å²) >= 11 is 0. The zero-order valence-electron chi connectivity index (χ0n) is 12.5. The van der Waals surface area contributed by atoms with Gasteiger partial charge in [0.15, 0.2) is 0 Å². The fraction of sp³-hybridized carbons (Fsp3) is 0.857. The van der Waals surface area contributed by atoms with Crippen molar-refractivity contribution < 1.29 is 14.7 Å². The predicted molar refractivity (Wildman–Crippen MR) is 77.7 cm³/mol. The van der Waals surface area contributed by atoms with Crippen LogP contribution in [0.25, 0.3) is 0 Å². The number of carboxylic acid groups (broad SMARTS) is 1. The summed E-state index contributed by atoms with van der Waals surface area (Å²) in [5.74, 6) is -1.06. The van der Waals surface area contributed by atoms with Gasteiger partial charge in [-0.15, -0.1) is 0 Å². The minimum Gasteiger partial charge on any atom is -0.481 e. The molecule has 2 unspecified atom stereocenters. The molecule has 1 rings (SSSR count). The first-order chi connectivity index (χ1) is 9.49. The normalized spacial score (nSPS) is 22.6. The van der Waals surface area contributed by atoms with Crippen LogP contribution in [0.1, 0.15) is 38.5 Å². The summed E-state index contributed by atoms with van der Waals surface area (Å²) in [4.78, 5) is 24.8. The molecule has 3 N–H and O–H groups in total. The highest BCUT2D eigenvalue weighted by Crippen LogP contribution is 2.24. The Morgan fingerprint density at radius 1 is 1.25 bits per heavy atom. The van der Waals surface area contributed by atoms with Crippen LogP contribution in [0.15, 0.2) is 0 Å². The van der Waals surface area contributed by atoms with Crippen LogP contribution in [-0.2, 0) is 4.79 Å². The molecule has 0 aromatic carbocycles. The van der Waals surface area contributed by atoms with E-state index in [-0.39, 0.29) is 18.0 Å². The Bertz CT molecular complexity index is 321. The number of hydrogen-bond donors (Lipinski definition) is 3. The first kappa shape index (κ1) is 16.8. The van der Waals surface area contributed by atoms with E-state index in [1.54, 1.807) is 0 Å². The highest BCUT2D eigenvalue weighted by molar-refractivity contribution is 5.74. The van der Waals surface area contributed by atoms with Crippen molar-refractivity contribution in [2.45, 2.75) is 44.6 Å². The van der Waals surface area contributed by atoms with Gasteiger partial charge in [-0.25, -0.2) is 4.79 Å². The molecule has 0 spiro atoms. The number of carbonyl (C=O) groups excluding carboxylic acids is 1. The summed E-state index contributed by atoms with van der Waals surface area (Å²) in [6.45, 7) is 1.68. The summed E-state index contributed by atoms with van der Waals surface area (Å²) in [7, 11) is 4.06. The number of nitrogens with zero attached hydrogens (tertiary/aromatic N) is 1. The number of nitrogens with one attached hydrogen (secondary N) is 2. The van der Waals surface area contributed by atoms with Crippen molar-refractivity contribution in [1.82, 2.24) is 15.5 Å². The van der Waals surface area contributed by atoms with E-state index in [1.807, 2.05) is 14.1 Å². The molecular weight excluding hydrogens is 258 g/mol. The van der Waals surface area contributed by atoms with Crippen LogP contribution in [0.3, 0.4) is 0 Å². The number of aliphatic carboxylic acids is 1. The Balaban J connectivity index is 2.13. The molecule has 20 heavy (non-hydrogen) atoms. The van der Waals surface area contributed by atoms with E-state index < -0.39 is 5.97 Å². The van der Waals surface area contributed by atoms with Gasteiger partial charge < -0.3 is 20.6 Å². The summed E-state index contributed by atoms with van der Waals surface area (Å²) in [6.07, 6.45) is 5.01. The molecule has 0 bridgehead atoms. The zero-order chi connectivity index (χ0) is 15.0. The van der Waals surface area contributed by atoms with Crippen LogP contribution >= 0.6 is 0 Å².